The Labute approximate surface area is 161 Å². The summed E-state index contributed by atoms with van der Waals surface area (Å²) < 4.78 is 7.33. The van der Waals surface area contributed by atoms with Gasteiger partial charge in [0.1, 0.15) is 5.82 Å². The molecule has 5 rings (SSSR count). The maximum atomic E-state index is 5.57. The first-order valence-corrected chi connectivity index (χ1v) is 9.19. The van der Waals surface area contributed by atoms with Gasteiger partial charge in [-0.25, -0.2) is 15.0 Å². The van der Waals surface area contributed by atoms with Crippen LogP contribution in [0.15, 0.2) is 53.6 Å². The molecule has 3 heterocycles. The number of nitrogens with two attached hydrogens (primary N) is 1. The monoisotopic (exact) mass is 373 g/mol. The van der Waals surface area contributed by atoms with Crippen molar-refractivity contribution in [2.24, 2.45) is 0 Å². The number of benzene rings is 1. The Balaban J connectivity index is 1.48. The standard InChI is InChI=1S/C20H19N7O/c1-13-22-9-10-27(13)19-25-17(26-28-19)20(7-2-8-20)16-5-3-14(4-6-16)15-11-23-18(21)24-12-15/h3-6,9-12H,2,7-8H2,1H3,(H2,21,23,24). The highest BCUT2D eigenvalue weighted by atomic mass is 16.5. The minimum Gasteiger partial charge on any atom is -0.368 e. The second-order valence-electron chi connectivity index (χ2n) is 7.09. The third kappa shape index (κ3) is 2.57. The number of hydrogen-bond donors (Lipinski definition) is 1. The normalized spacial score (nSPS) is 15.3. The zero-order chi connectivity index (χ0) is 19.1. The number of aryl methyl sites for hydroxylation is 1. The Bertz CT molecular complexity index is 1110. The number of imidazole rings is 1. The van der Waals surface area contributed by atoms with E-state index in [1.54, 1.807) is 23.2 Å². The number of nitrogens with zero attached hydrogens (tertiary/aromatic N) is 6. The van der Waals surface area contributed by atoms with Crippen LogP contribution in [0.1, 0.15) is 36.5 Å². The van der Waals surface area contributed by atoms with E-state index < -0.39 is 0 Å². The molecule has 0 amide bonds. The van der Waals surface area contributed by atoms with Gasteiger partial charge in [0.2, 0.25) is 5.95 Å². The molecule has 0 atom stereocenters. The van der Waals surface area contributed by atoms with Crippen LogP contribution in [0.25, 0.3) is 17.1 Å². The molecule has 1 fully saturated rings. The van der Waals surface area contributed by atoms with E-state index >= 15 is 0 Å². The Kier molecular flexibility index (Phi) is 3.71. The van der Waals surface area contributed by atoms with E-state index in [0.29, 0.717) is 6.01 Å². The summed E-state index contributed by atoms with van der Waals surface area (Å²) in [5, 5.41) is 4.31. The van der Waals surface area contributed by atoms with Gasteiger partial charge in [-0.15, -0.1) is 0 Å². The first-order chi connectivity index (χ1) is 13.7. The largest absolute Gasteiger partial charge is 0.368 e. The van der Waals surface area contributed by atoms with E-state index in [9.17, 15) is 0 Å². The van der Waals surface area contributed by atoms with Gasteiger partial charge in [0.05, 0.1) is 5.41 Å². The topological polar surface area (TPSA) is 109 Å². The van der Waals surface area contributed by atoms with Crippen molar-refractivity contribution in [3.63, 3.8) is 0 Å². The van der Waals surface area contributed by atoms with Crippen molar-refractivity contribution < 1.29 is 4.52 Å². The van der Waals surface area contributed by atoms with Crippen molar-refractivity contribution in [3.05, 3.63) is 66.3 Å². The molecule has 140 valence electrons. The molecule has 0 spiro atoms. The van der Waals surface area contributed by atoms with Crippen LogP contribution >= 0.6 is 0 Å². The lowest BCUT2D eigenvalue weighted by Gasteiger charge is -2.39. The molecule has 0 radical (unpaired) electrons. The molecule has 1 saturated carbocycles. The summed E-state index contributed by atoms with van der Waals surface area (Å²) in [4.78, 5) is 17.0. The van der Waals surface area contributed by atoms with Crippen molar-refractivity contribution in [1.82, 2.24) is 29.7 Å². The predicted molar refractivity (Wildman–Crippen MR) is 103 cm³/mol. The molecule has 1 aliphatic rings. The summed E-state index contributed by atoms with van der Waals surface area (Å²) >= 11 is 0. The number of hydrogen-bond acceptors (Lipinski definition) is 7. The number of nitrogen functional groups attached to an aromatic ring is 1. The number of aromatic nitrogens is 6. The molecule has 0 saturated heterocycles. The van der Waals surface area contributed by atoms with Crippen LogP contribution < -0.4 is 5.73 Å². The fourth-order valence-corrected chi connectivity index (χ4v) is 3.73. The molecular formula is C20H19N7O. The highest BCUT2D eigenvalue weighted by Gasteiger charge is 2.44. The lowest BCUT2D eigenvalue weighted by molar-refractivity contribution is 0.272. The summed E-state index contributed by atoms with van der Waals surface area (Å²) in [7, 11) is 0. The Morgan fingerprint density at radius 3 is 2.39 bits per heavy atom. The molecule has 0 aliphatic heterocycles. The molecule has 1 aliphatic carbocycles. The quantitative estimate of drug-likeness (QED) is 0.585. The van der Waals surface area contributed by atoms with Crippen LogP contribution in [0.2, 0.25) is 0 Å². The Morgan fingerprint density at radius 1 is 1.04 bits per heavy atom. The van der Waals surface area contributed by atoms with Crippen LogP contribution in [0.4, 0.5) is 5.95 Å². The number of anilines is 1. The van der Waals surface area contributed by atoms with Gasteiger partial charge in [-0.05, 0) is 30.9 Å². The minimum absolute atomic E-state index is 0.202. The predicted octanol–water partition coefficient (Wildman–Crippen LogP) is 3.07. The summed E-state index contributed by atoms with van der Waals surface area (Å²) in [5.74, 6) is 1.81. The van der Waals surface area contributed by atoms with Crippen molar-refractivity contribution in [2.45, 2.75) is 31.6 Å². The van der Waals surface area contributed by atoms with Gasteiger partial charge in [0, 0.05) is 30.4 Å². The van der Waals surface area contributed by atoms with Crippen molar-refractivity contribution >= 4 is 5.95 Å². The van der Waals surface area contributed by atoms with Crippen LogP contribution in [0.5, 0.6) is 0 Å². The lowest BCUT2D eigenvalue weighted by atomic mass is 9.64. The van der Waals surface area contributed by atoms with E-state index in [1.807, 2.05) is 13.1 Å². The average Bonchev–Trinajstić information content (AvgIpc) is 3.31. The molecular weight excluding hydrogens is 354 g/mol. The Morgan fingerprint density at radius 2 is 1.79 bits per heavy atom. The van der Waals surface area contributed by atoms with E-state index in [2.05, 4.69) is 49.4 Å². The zero-order valence-electron chi connectivity index (χ0n) is 15.4. The summed E-state index contributed by atoms with van der Waals surface area (Å²) in [5.41, 5.74) is 8.53. The molecule has 8 nitrogen and oxygen atoms in total. The lowest BCUT2D eigenvalue weighted by Crippen LogP contribution is -2.36. The maximum Gasteiger partial charge on any atom is 0.333 e. The van der Waals surface area contributed by atoms with E-state index in [-0.39, 0.29) is 11.4 Å². The Hall–Kier alpha value is -3.55. The van der Waals surface area contributed by atoms with Crippen molar-refractivity contribution in [1.29, 1.82) is 0 Å². The second kappa shape index (κ2) is 6.26. The van der Waals surface area contributed by atoms with Gasteiger partial charge < -0.3 is 10.3 Å². The smallest absolute Gasteiger partial charge is 0.333 e. The third-order valence-electron chi connectivity index (χ3n) is 5.52. The van der Waals surface area contributed by atoms with Crippen molar-refractivity contribution in [3.8, 4) is 17.1 Å². The molecule has 28 heavy (non-hydrogen) atoms. The summed E-state index contributed by atoms with van der Waals surface area (Å²) in [6, 6.07) is 8.86. The maximum absolute atomic E-state index is 5.57. The first kappa shape index (κ1) is 16.6. The van der Waals surface area contributed by atoms with Crippen LogP contribution in [-0.4, -0.2) is 29.7 Å². The van der Waals surface area contributed by atoms with Gasteiger partial charge in [0.15, 0.2) is 5.82 Å². The van der Waals surface area contributed by atoms with Gasteiger partial charge in [-0.3, -0.25) is 4.57 Å². The third-order valence-corrected chi connectivity index (χ3v) is 5.52. The fourth-order valence-electron chi connectivity index (χ4n) is 3.73. The summed E-state index contributed by atoms with van der Waals surface area (Å²) in [6.07, 6.45) is 10.1. The number of rotatable bonds is 4. The van der Waals surface area contributed by atoms with Gasteiger partial charge in [0.25, 0.3) is 0 Å². The molecule has 0 bridgehead atoms. The second-order valence-corrected chi connectivity index (χ2v) is 7.09. The van der Waals surface area contributed by atoms with E-state index in [0.717, 1.165) is 42.0 Å². The van der Waals surface area contributed by atoms with Crippen LogP contribution in [0, 0.1) is 6.92 Å². The molecule has 3 aromatic heterocycles. The minimum atomic E-state index is -0.202. The highest BCUT2D eigenvalue weighted by Crippen LogP contribution is 2.48. The van der Waals surface area contributed by atoms with E-state index in [4.69, 9.17) is 10.3 Å². The van der Waals surface area contributed by atoms with Crippen LogP contribution in [-0.2, 0) is 5.41 Å². The molecule has 2 N–H and O–H groups in total. The molecule has 8 heteroatoms. The van der Waals surface area contributed by atoms with Gasteiger partial charge in [-0.2, -0.15) is 4.98 Å². The molecule has 1 aromatic carbocycles. The van der Waals surface area contributed by atoms with Gasteiger partial charge >= 0.3 is 6.01 Å². The first-order valence-electron chi connectivity index (χ1n) is 9.19. The van der Waals surface area contributed by atoms with Crippen LogP contribution in [0.3, 0.4) is 0 Å². The fraction of sp³-hybridized carbons (Fsp3) is 0.250. The molecule has 4 aromatic rings. The zero-order valence-corrected chi connectivity index (χ0v) is 15.4. The molecule has 0 unspecified atom stereocenters. The SMILES string of the molecule is Cc1nccn1-c1nc(C2(c3ccc(-c4cnc(N)nc4)cc3)CCC2)no1. The van der Waals surface area contributed by atoms with E-state index in [1.165, 1.54) is 5.56 Å². The van der Waals surface area contributed by atoms with Crippen molar-refractivity contribution in [2.75, 3.05) is 5.73 Å². The average molecular weight is 373 g/mol. The van der Waals surface area contributed by atoms with Gasteiger partial charge in [-0.1, -0.05) is 35.8 Å². The summed E-state index contributed by atoms with van der Waals surface area (Å²) in [6.45, 7) is 1.91. The highest BCUT2D eigenvalue weighted by molar-refractivity contribution is 5.62.